The van der Waals surface area contributed by atoms with Crippen LogP contribution in [0.25, 0.3) is 0 Å². The molecule has 0 radical (unpaired) electrons. The highest BCUT2D eigenvalue weighted by molar-refractivity contribution is 7.89. The molecule has 0 amide bonds. The highest BCUT2D eigenvalue weighted by Crippen LogP contribution is 2.27. The maximum absolute atomic E-state index is 12.5. The molecule has 8 heteroatoms. The van der Waals surface area contributed by atoms with E-state index >= 15 is 0 Å². The van der Waals surface area contributed by atoms with Gasteiger partial charge in [-0.15, -0.1) is 0 Å². The molecule has 23 heavy (non-hydrogen) atoms. The molecule has 122 valence electrons. The highest BCUT2D eigenvalue weighted by Gasteiger charge is 2.38. The molecule has 1 saturated heterocycles. The molecule has 1 aliphatic heterocycles. The minimum Gasteiger partial charge on any atom is -0.497 e. The van der Waals surface area contributed by atoms with Crippen LogP contribution in [0.5, 0.6) is 11.6 Å². The lowest BCUT2D eigenvalue weighted by molar-refractivity contribution is 0.0722. The lowest BCUT2D eigenvalue weighted by atomic mass is 10.2. The van der Waals surface area contributed by atoms with Crippen LogP contribution < -0.4 is 9.47 Å². The zero-order chi connectivity index (χ0) is 16.4. The number of sulfonamides is 1. The lowest BCUT2D eigenvalue weighted by Crippen LogP contribution is -2.56. The van der Waals surface area contributed by atoms with Gasteiger partial charge in [-0.05, 0) is 36.4 Å². The van der Waals surface area contributed by atoms with Crippen LogP contribution in [0.15, 0.2) is 47.5 Å². The Morgan fingerprint density at radius 2 is 1.91 bits per heavy atom. The molecule has 1 aliphatic rings. The third kappa shape index (κ3) is 3.26. The SMILES string of the molecule is COc1ccc(S(=O)(=O)N2CC(Oc3ncccc3Cl)C2)cc1. The van der Waals surface area contributed by atoms with Crippen molar-refractivity contribution in [3.63, 3.8) is 0 Å². The lowest BCUT2D eigenvalue weighted by Gasteiger charge is -2.37. The first kappa shape index (κ1) is 16.0. The van der Waals surface area contributed by atoms with Crippen molar-refractivity contribution in [3.8, 4) is 11.6 Å². The topological polar surface area (TPSA) is 68.7 Å². The summed E-state index contributed by atoms with van der Waals surface area (Å²) < 4.78 is 36.9. The Hall–Kier alpha value is -1.83. The Bertz CT molecular complexity index is 789. The fourth-order valence-corrected chi connectivity index (χ4v) is 3.85. The summed E-state index contributed by atoms with van der Waals surface area (Å²) in [6.45, 7) is 0.530. The van der Waals surface area contributed by atoms with Gasteiger partial charge in [0.15, 0.2) is 0 Å². The predicted molar refractivity (Wildman–Crippen MR) is 85.4 cm³/mol. The first-order chi connectivity index (χ1) is 11.0. The molecule has 0 aliphatic carbocycles. The molecular weight excluding hydrogens is 340 g/mol. The van der Waals surface area contributed by atoms with Crippen LogP contribution in [-0.4, -0.2) is 44.0 Å². The molecule has 0 unspecified atom stereocenters. The standard InChI is InChI=1S/C15H15ClN2O4S/c1-21-11-4-6-13(7-5-11)23(19,20)18-9-12(10-18)22-15-14(16)3-2-8-17-15/h2-8,12H,9-10H2,1H3. The maximum Gasteiger partial charge on any atom is 0.243 e. The molecule has 0 bridgehead atoms. The van der Waals surface area contributed by atoms with Crippen molar-refractivity contribution in [1.82, 2.24) is 9.29 Å². The summed E-state index contributed by atoms with van der Waals surface area (Å²) in [6, 6.07) is 9.67. The van der Waals surface area contributed by atoms with E-state index in [2.05, 4.69) is 4.98 Å². The number of hydrogen-bond acceptors (Lipinski definition) is 5. The van der Waals surface area contributed by atoms with Crippen LogP contribution >= 0.6 is 11.6 Å². The fraction of sp³-hybridized carbons (Fsp3) is 0.267. The number of hydrogen-bond donors (Lipinski definition) is 0. The van der Waals surface area contributed by atoms with E-state index in [9.17, 15) is 8.42 Å². The molecule has 1 aromatic heterocycles. The van der Waals surface area contributed by atoms with E-state index in [-0.39, 0.29) is 24.1 Å². The van der Waals surface area contributed by atoms with Gasteiger partial charge in [0.05, 0.1) is 25.1 Å². The third-order valence-corrected chi connectivity index (χ3v) is 5.65. The Balaban J connectivity index is 1.64. The number of ether oxygens (including phenoxy) is 2. The second-order valence-corrected chi connectivity index (χ2v) is 7.37. The molecular formula is C15H15ClN2O4S. The normalized spacial score (nSPS) is 15.9. The summed E-state index contributed by atoms with van der Waals surface area (Å²) in [7, 11) is -1.99. The summed E-state index contributed by atoms with van der Waals surface area (Å²) in [5.74, 6) is 0.930. The molecule has 1 fully saturated rings. The second kappa shape index (κ2) is 6.35. The molecule has 2 aromatic rings. The third-order valence-electron chi connectivity index (χ3n) is 3.51. The van der Waals surface area contributed by atoms with E-state index in [4.69, 9.17) is 21.1 Å². The predicted octanol–water partition coefficient (Wildman–Crippen LogP) is 2.20. The van der Waals surface area contributed by atoms with E-state index in [1.54, 1.807) is 30.5 Å². The van der Waals surface area contributed by atoms with Gasteiger partial charge < -0.3 is 9.47 Å². The quantitative estimate of drug-likeness (QED) is 0.823. The first-order valence-electron chi connectivity index (χ1n) is 6.92. The van der Waals surface area contributed by atoms with Gasteiger partial charge in [-0.2, -0.15) is 4.31 Å². The second-order valence-electron chi connectivity index (χ2n) is 5.03. The molecule has 1 aromatic carbocycles. The van der Waals surface area contributed by atoms with Gasteiger partial charge >= 0.3 is 0 Å². The molecule has 0 atom stereocenters. The van der Waals surface area contributed by atoms with E-state index in [0.29, 0.717) is 16.7 Å². The van der Waals surface area contributed by atoms with Gasteiger partial charge in [0.2, 0.25) is 15.9 Å². The summed E-state index contributed by atoms with van der Waals surface area (Å²) in [5, 5.41) is 0.406. The van der Waals surface area contributed by atoms with Crippen LogP contribution in [0, 0.1) is 0 Å². The van der Waals surface area contributed by atoms with Gasteiger partial charge in [-0.25, -0.2) is 13.4 Å². The Morgan fingerprint density at radius 3 is 2.52 bits per heavy atom. The zero-order valence-corrected chi connectivity index (χ0v) is 13.9. The Morgan fingerprint density at radius 1 is 1.22 bits per heavy atom. The average molecular weight is 355 g/mol. The van der Waals surface area contributed by atoms with Crippen molar-refractivity contribution in [2.24, 2.45) is 0 Å². The Kier molecular flexibility index (Phi) is 4.43. The van der Waals surface area contributed by atoms with Crippen LogP contribution in [0.1, 0.15) is 0 Å². The number of methoxy groups -OCH3 is 1. The van der Waals surface area contributed by atoms with Gasteiger partial charge in [-0.3, -0.25) is 0 Å². The van der Waals surface area contributed by atoms with Crippen LogP contribution in [-0.2, 0) is 10.0 Å². The van der Waals surface area contributed by atoms with Crippen molar-refractivity contribution < 1.29 is 17.9 Å². The van der Waals surface area contributed by atoms with Crippen LogP contribution in [0.3, 0.4) is 0 Å². The number of pyridine rings is 1. The molecule has 6 nitrogen and oxygen atoms in total. The van der Waals surface area contributed by atoms with Gasteiger partial charge in [0, 0.05) is 6.20 Å². The van der Waals surface area contributed by atoms with Crippen LogP contribution in [0.2, 0.25) is 5.02 Å². The molecule has 2 heterocycles. The van der Waals surface area contributed by atoms with Gasteiger partial charge in [0.1, 0.15) is 16.9 Å². The number of rotatable bonds is 5. The van der Waals surface area contributed by atoms with E-state index in [1.807, 2.05) is 0 Å². The van der Waals surface area contributed by atoms with E-state index < -0.39 is 10.0 Å². The molecule has 3 rings (SSSR count). The largest absolute Gasteiger partial charge is 0.497 e. The summed E-state index contributed by atoms with van der Waals surface area (Å²) in [6.07, 6.45) is 1.32. The van der Waals surface area contributed by atoms with Crippen LogP contribution in [0.4, 0.5) is 0 Å². The van der Waals surface area contributed by atoms with Crippen molar-refractivity contribution in [1.29, 1.82) is 0 Å². The highest BCUT2D eigenvalue weighted by atomic mass is 35.5. The minimum absolute atomic E-state index is 0.229. The van der Waals surface area contributed by atoms with E-state index in [1.165, 1.54) is 23.5 Å². The Labute approximate surface area is 139 Å². The number of benzene rings is 1. The summed E-state index contributed by atoms with van der Waals surface area (Å²) in [4.78, 5) is 4.26. The maximum atomic E-state index is 12.5. The number of aromatic nitrogens is 1. The van der Waals surface area contributed by atoms with Gasteiger partial charge in [-0.1, -0.05) is 11.6 Å². The minimum atomic E-state index is -3.52. The summed E-state index contributed by atoms with van der Waals surface area (Å²) >= 11 is 5.97. The summed E-state index contributed by atoms with van der Waals surface area (Å²) in [5.41, 5.74) is 0. The number of halogens is 1. The van der Waals surface area contributed by atoms with Crippen molar-refractivity contribution in [2.45, 2.75) is 11.0 Å². The smallest absolute Gasteiger partial charge is 0.243 e. The zero-order valence-electron chi connectivity index (χ0n) is 12.3. The molecule has 0 saturated carbocycles. The average Bonchev–Trinajstić information content (AvgIpc) is 2.52. The van der Waals surface area contributed by atoms with Crippen molar-refractivity contribution in [3.05, 3.63) is 47.6 Å². The molecule has 0 spiro atoms. The van der Waals surface area contributed by atoms with Crippen molar-refractivity contribution >= 4 is 21.6 Å². The first-order valence-corrected chi connectivity index (χ1v) is 8.74. The monoisotopic (exact) mass is 354 g/mol. The fourth-order valence-electron chi connectivity index (χ4n) is 2.18. The number of nitrogens with zero attached hydrogens (tertiary/aromatic N) is 2. The van der Waals surface area contributed by atoms with Gasteiger partial charge in [0.25, 0.3) is 0 Å². The van der Waals surface area contributed by atoms with E-state index in [0.717, 1.165) is 0 Å². The van der Waals surface area contributed by atoms with Crippen molar-refractivity contribution in [2.75, 3.05) is 20.2 Å². The molecule has 0 N–H and O–H groups in total.